The highest BCUT2D eigenvalue weighted by Crippen LogP contribution is 2.33. The van der Waals surface area contributed by atoms with Crippen LogP contribution in [0.2, 0.25) is 0 Å². The molecule has 2 aliphatic rings. The molecule has 3 unspecified atom stereocenters. The van der Waals surface area contributed by atoms with E-state index in [1.807, 2.05) is 38.1 Å². The first-order chi connectivity index (χ1) is 19.0. The summed E-state index contributed by atoms with van der Waals surface area (Å²) in [7, 11) is 0. The summed E-state index contributed by atoms with van der Waals surface area (Å²) in [5, 5.41) is 12.0. The first-order valence-electron chi connectivity index (χ1n) is 13.8. The normalized spacial score (nSPS) is 20.5. The van der Waals surface area contributed by atoms with Gasteiger partial charge >= 0.3 is 6.09 Å². The molecule has 1 fully saturated rings. The van der Waals surface area contributed by atoms with Gasteiger partial charge in [-0.05, 0) is 72.4 Å². The molecule has 3 aromatic rings. The fraction of sp³-hybridized carbons (Fsp3) is 0.483. The minimum absolute atomic E-state index is 0.0158. The third kappa shape index (κ3) is 6.03. The Balaban J connectivity index is 1.27. The molecule has 1 aliphatic carbocycles. The molecule has 5 rings (SSSR count). The summed E-state index contributed by atoms with van der Waals surface area (Å²) in [6, 6.07) is 7.77. The van der Waals surface area contributed by atoms with E-state index in [1.165, 1.54) is 0 Å². The highest BCUT2D eigenvalue weighted by molar-refractivity contribution is 6.01. The molecule has 40 heavy (non-hydrogen) atoms. The molecule has 5 N–H and O–H groups in total. The molecule has 1 saturated carbocycles. The van der Waals surface area contributed by atoms with Gasteiger partial charge in [0.1, 0.15) is 23.5 Å². The molecule has 212 valence electrons. The van der Waals surface area contributed by atoms with Crippen molar-refractivity contribution in [3.63, 3.8) is 0 Å². The molecule has 0 radical (unpaired) electrons. The van der Waals surface area contributed by atoms with Gasteiger partial charge in [0.25, 0.3) is 5.91 Å². The van der Waals surface area contributed by atoms with Gasteiger partial charge in [-0.15, -0.1) is 0 Å². The first-order valence-corrected chi connectivity index (χ1v) is 13.8. The third-order valence-electron chi connectivity index (χ3n) is 7.21. The summed E-state index contributed by atoms with van der Waals surface area (Å²) in [5.74, 6) is 0.381. The predicted molar refractivity (Wildman–Crippen MR) is 152 cm³/mol. The lowest BCUT2D eigenvalue weighted by Gasteiger charge is -2.31. The summed E-state index contributed by atoms with van der Waals surface area (Å²) >= 11 is 0. The number of H-pyrrole nitrogens is 1. The second-order valence-electron chi connectivity index (χ2n) is 11.7. The molecular formula is C29H37N7O4. The molecule has 11 heteroatoms. The zero-order valence-corrected chi connectivity index (χ0v) is 23.6. The second-order valence-corrected chi connectivity index (χ2v) is 11.7. The number of hydrogen-bond acceptors (Lipinski definition) is 7. The van der Waals surface area contributed by atoms with Crippen molar-refractivity contribution >= 4 is 34.8 Å². The van der Waals surface area contributed by atoms with E-state index in [-0.39, 0.29) is 36.5 Å². The number of amides is 3. The average molecular weight is 548 g/mol. The Morgan fingerprint density at radius 2 is 1.90 bits per heavy atom. The Bertz CT molecular complexity index is 1460. The zero-order valence-electron chi connectivity index (χ0n) is 23.6. The van der Waals surface area contributed by atoms with E-state index in [1.54, 1.807) is 20.8 Å². The molecule has 2 aromatic heterocycles. The number of aryl methyl sites for hydroxylation is 1. The molecule has 11 nitrogen and oxygen atoms in total. The van der Waals surface area contributed by atoms with E-state index in [2.05, 4.69) is 26.3 Å². The molecule has 3 heterocycles. The number of benzene rings is 1. The van der Waals surface area contributed by atoms with Crippen molar-refractivity contribution in [1.82, 2.24) is 30.9 Å². The maximum absolute atomic E-state index is 12.5. The van der Waals surface area contributed by atoms with Gasteiger partial charge in [0, 0.05) is 23.3 Å². The number of rotatable bonds is 6. The lowest BCUT2D eigenvalue weighted by molar-refractivity contribution is -0.121. The number of nitrogens with one attached hydrogen (secondary N) is 5. The summed E-state index contributed by atoms with van der Waals surface area (Å²) in [4.78, 5) is 49.8. The summed E-state index contributed by atoms with van der Waals surface area (Å²) in [5.41, 5.74) is 4.96. The number of nitrogens with zero attached hydrogens (tertiary/aromatic N) is 2. The van der Waals surface area contributed by atoms with Crippen LogP contribution in [0.4, 0.5) is 10.6 Å². The van der Waals surface area contributed by atoms with Crippen molar-refractivity contribution < 1.29 is 19.1 Å². The lowest BCUT2D eigenvalue weighted by Crippen LogP contribution is -2.46. The molecular weight excluding hydrogens is 510 g/mol. The molecule has 0 saturated heterocycles. The Morgan fingerprint density at radius 1 is 1.12 bits per heavy atom. The van der Waals surface area contributed by atoms with Gasteiger partial charge in [-0.3, -0.25) is 9.59 Å². The smallest absolute Gasteiger partial charge is 0.408 e. The number of hydrogen-bond donors (Lipinski definition) is 5. The Labute approximate surface area is 233 Å². The van der Waals surface area contributed by atoms with E-state index in [9.17, 15) is 14.4 Å². The number of anilines is 1. The third-order valence-corrected chi connectivity index (χ3v) is 7.21. The van der Waals surface area contributed by atoms with Crippen LogP contribution in [0.25, 0.3) is 22.3 Å². The molecule has 0 spiro atoms. The van der Waals surface area contributed by atoms with Crippen molar-refractivity contribution in [2.45, 2.75) is 84.0 Å². The van der Waals surface area contributed by atoms with Crippen molar-refractivity contribution in [2.24, 2.45) is 0 Å². The number of carbonyl (C=O) groups excluding carboxylic acids is 3. The van der Waals surface area contributed by atoms with Crippen LogP contribution in [0.1, 0.15) is 81.2 Å². The molecule has 1 aliphatic heterocycles. The monoisotopic (exact) mass is 547 g/mol. The number of ether oxygens (including phenoxy) is 1. The van der Waals surface area contributed by atoms with Crippen LogP contribution in [-0.4, -0.2) is 57.1 Å². The molecule has 3 atom stereocenters. The molecule has 1 aromatic carbocycles. The van der Waals surface area contributed by atoms with Gasteiger partial charge in [0.05, 0.1) is 28.5 Å². The number of aromatic nitrogens is 3. The van der Waals surface area contributed by atoms with Gasteiger partial charge < -0.3 is 31.0 Å². The topological polar surface area (TPSA) is 150 Å². The largest absolute Gasteiger partial charge is 0.444 e. The number of alkyl carbamates (subject to hydrolysis) is 1. The van der Waals surface area contributed by atoms with E-state index < -0.39 is 11.7 Å². The van der Waals surface area contributed by atoms with E-state index in [4.69, 9.17) is 14.7 Å². The van der Waals surface area contributed by atoms with E-state index in [0.717, 1.165) is 59.4 Å². The summed E-state index contributed by atoms with van der Waals surface area (Å²) in [6.07, 6.45) is 2.88. The number of carbonyl (C=O) groups is 3. The van der Waals surface area contributed by atoms with Crippen molar-refractivity contribution in [3.8, 4) is 11.3 Å². The number of fused-ring (bicyclic) bond motifs is 2. The van der Waals surface area contributed by atoms with Gasteiger partial charge in [0.2, 0.25) is 5.91 Å². The Morgan fingerprint density at radius 3 is 2.65 bits per heavy atom. The second kappa shape index (κ2) is 10.8. The van der Waals surface area contributed by atoms with Gasteiger partial charge in [-0.1, -0.05) is 12.1 Å². The average Bonchev–Trinajstić information content (AvgIpc) is 3.43. The van der Waals surface area contributed by atoms with Gasteiger partial charge in [0.15, 0.2) is 0 Å². The van der Waals surface area contributed by atoms with Crippen LogP contribution in [-0.2, 0) is 9.53 Å². The zero-order chi connectivity index (χ0) is 28.6. The number of para-hydroxylation sites is 1. The lowest BCUT2D eigenvalue weighted by atomic mass is 9.91. The van der Waals surface area contributed by atoms with E-state index >= 15 is 0 Å². The van der Waals surface area contributed by atoms with Crippen molar-refractivity contribution in [1.29, 1.82) is 0 Å². The van der Waals surface area contributed by atoms with Gasteiger partial charge in [-0.2, -0.15) is 0 Å². The Hall–Kier alpha value is -4.15. The van der Waals surface area contributed by atoms with Crippen LogP contribution in [0.15, 0.2) is 24.3 Å². The highest BCUT2D eigenvalue weighted by atomic mass is 16.6. The highest BCUT2D eigenvalue weighted by Gasteiger charge is 2.29. The van der Waals surface area contributed by atoms with E-state index in [0.29, 0.717) is 11.4 Å². The van der Waals surface area contributed by atoms with Crippen LogP contribution in [0, 0.1) is 6.92 Å². The maximum atomic E-state index is 12.5. The van der Waals surface area contributed by atoms with Crippen molar-refractivity contribution in [3.05, 3.63) is 41.2 Å². The SMILES string of the molecule is Cc1nc2cccc(-c3cc4c([nH]3)C(C)NC4=O)c2nc1NC1CCCC(NC(=O)CNC(=O)OC(C)(C)C)C1. The minimum atomic E-state index is -0.621. The number of aromatic amines is 1. The van der Waals surface area contributed by atoms with Crippen LogP contribution in [0.3, 0.4) is 0 Å². The first kappa shape index (κ1) is 27.4. The predicted octanol–water partition coefficient (Wildman–Crippen LogP) is 4.10. The quantitative estimate of drug-likeness (QED) is 0.312. The summed E-state index contributed by atoms with van der Waals surface area (Å²) in [6.45, 7) is 9.07. The standard InChI is InChI=1S/C29H37N7O4/c1-15-24-20(27(38)32-15)13-22(35-24)19-10-7-11-21-25(19)36-26(16(2)31-21)34-18-9-6-8-17(12-18)33-23(37)14-30-28(39)40-29(3,4)5/h7,10-11,13,15,17-18,35H,6,8-9,12,14H2,1-5H3,(H,30,39)(H,32,38)(H,33,37)(H,34,36). The summed E-state index contributed by atoms with van der Waals surface area (Å²) < 4.78 is 5.19. The van der Waals surface area contributed by atoms with Gasteiger partial charge in [-0.25, -0.2) is 14.8 Å². The Kier molecular flexibility index (Phi) is 7.39. The molecule has 0 bridgehead atoms. The molecule has 3 amide bonds. The van der Waals surface area contributed by atoms with Crippen LogP contribution >= 0.6 is 0 Å². The fourth-order valence-electron chi connectivity index (χ4n) is 5.40. The minimum Gasteiger partial charge on any atom is -0.444 e. The fourth-order valence-corrected chi connectivity index (χ4v) is 5.40. The van der Waals surface area contributed by atoms with Crippen LogP contribution in [0.5, 0.6) is 0 Å². The van der Waals surface area contributed by atoms with Crippen molar-refractivity contribution in [2.75, 3.05) is 11.9 Å². The maximum Gasteiger partial charge on any atom is 0.408 e. The van der Waals surface area contributed by atoms with Crippen LogP contribution < -0.4 is 21.3 Å².